The van der Waals surface area contributed by atoms with Crippen LogP contribution in [0.25, 0.3) is 10.6 Å². The van der Waals surface area contributed by atoms with Crippen LogP contribution in [0.2, 0.25) is 0 Å². The summed E-state index contributed by atoms with van der Waals surface area (Å²) in [5.41, 5.74) is 0.903. The minimum absolute atomic E-state index is 0.00248. The van der Waals surface area contributed by atoms with Gasteiger partial charge in [0.1, 0.15) is 5.01 Å². The molecule has 0 amide bonds. The summed E-state index contributed by atoms with van der Waals surface area (Å²) in [6, 6.07) is 5.73. The molecule has 0 aliphatic heterocycles. The fourth-order valence-electron chi connectivity index (χ4n) is 1.01. The zero-order valence-corrected chi connectivity index (χ0v) is 7.66. The van der Waals surface area contributed by atoms with E-state index in [9.17, 15) is 0 Å². The number of aliphatic hydroxyl groups excluding tert-OH is 1. The molecule has 0 fully saturated rings. The second-order valence-corrected chi connectivity index (χ2v) is 3.61. The van der Waals surface area contributed by atoms with Crippen molar-refractivity contribution < 1.29 is 5.11 Å². The molecule has 0 atom stereocenters. The van der Waals surface area contributed by atoms with E-state index in [4.69, 9.17) is 5.11 Å². The smallest absolute Gasteiger partial charge is 0.119 e. The van der Waals surface area contributed by atoms with E-state index < -0.39 is 0 Å². The first-order valence-electron chi connectivity index (χ1n) is 3.87. The van der Waals surface area contributed by atoms with Gasteiger partial charge >= 0.3 is 0 Å². The van der Waals surface area contributed by atoms with Gasteiger partial charge in [0.05, 0.1) is 17.2 Å². The van der Waals surface area contributed by atoms with Gasteiger partial charge in [-0.1, -0.05) is 6.07 Å². The van der Waals surface area contributed by atoms with Gasteiger partial charge in [0.25, 0.3) is 0 Å². The molecule has 2 aromatic rings. The van der Waals surface area contributed by atoms with Gasteiger partial charge in [0.15, 0.2) is 0 Å². The van der Waals surface area contributed by atoms with Crippen LogP contribution in [-0.2, 0) is 6.61 Å². The Morgan fingerprint density at radius 2 is 2.23 bits per heavy atom. The van der Waals surface area contributed by atoms with Crippen molar-refractivity contribution in [3.63, 3.8) is 0 Å². The summed E-state index contributed by atoms with van der Waals surface area (Å²) in [6.07, 6.45) is 3.48. The molecule has 0 saturated carbocycles. The Bertz CT molecular complexity index is 386. The van der Waals surface area contributed by atoms with E-state index in [0.717, 1.165) is 15.6 Å². The van der Waals surface area contributed by atoms with E-state index in [2.05, 4.69) is 9.97 Å². The zero-order valence-electron chi connectivity index (χ0n) is 6.84. The molecule has 66 valence electrons. The lowest BCUT2D eigenvalue weighted by Crippen LogP contribution is -1.75. The van der Waals surface area contributed by atoms with Gasteiger partial charge in [-0.25, -0.2) is 4.98 Å². The molecule has 4 heteroatoms. The third-order valence-corrected chi connectivity index (χ3v) is 2.61. The Kier molecular flexibility index (Phi) is 2.33. The topological polar surface area (TPSA) is 46.0 Å². The number of nitrogens with zero attached hydrogens (tertiary/aromatic N) is 2. The van der Waals surface area contributed by atoms with Crippen molar-refractivity contribution >= 4 is 11.3 Å². The summed E-state index contributed by atoms with van der Waals surface area (Å²) in [7, 11) is 0. The normalized spacial score (nSPS) is 10.2. The van der Waals surface area contributed by atoms with Gasteiger partial charge in [0.2, 0.25) is 0 Å². The van der Waals surface area contributed by atoms with Crippen molar-refractivity contribution in [3.05, 3.63) is 35.6 Å². The van der Waals surface area contributed by atoms with Gasteiger partial charge in [-0.3, -0.25) is 4.98 Å². The fourth-order valence-corrected chi connectivity index (χ4v) is 1.76. The molecule has 0 spiro atoms. The predicted molar refractivity (Wildman–Crippen MR) is 51.3 cm³/mol. The van der Waals surface area contributed by atoms with Crippen molar-refractivity contribution in [2.75, 3.05) is 0 Å². The minimum atomic E-state index is -0.00248. The average molecular weight is 192 g/mol. The number of aromatic nitrogens is 2. The minimum Gasteiger partial charge on any atom is -0.389 e. The van der Waals surface area contributed by atoms with Crippen LogP contribution >= 0.6 is 11.3 Å². The molecule has 0 saturated heterocycles. The third kappa shape index (κ3) is 1.74. The highest BCUT2D eigenvalue weighted by Gasteiger charge is 2.03. The summed E-state index contributed by atoms with van der Waals surface area (Å²) in [5.74, 6) is 0. The summed E-state index contributed by atoms with van der Waals surface area (Å²) in [6.45, 7) is -0.00248. The Labute approximate surface area is 79.7 Å². The van der Waals surface area contributed by atoms with E-state index in [1.54, 1.807) is 12.4 Å². The van der Waals surface area contributed by atoms with Crippen molar-refractivity contribution in [2.45, 2.75) is 6.61 Å². The zero-order chi connectivity index (χ0) is 9.10. The van der Waals surface area contributed by atoms with E-state index >= 15 is 0 Å². The summed E-state index contributed by atoms with van der Waals surface area (Å²) in [4.78, 5) is 9.22. The average Bonchev–Trinajstić information content (AvgIpc) is 2.67. The molecule has 0 aromatic carbocycles. The number of hydrogen-bond acceptors (Lipinski definition) is 4. The second-order valence-electron chi connectivity index (χ2n) is 2.49. The molecule has 13 heavy (non-hydrogen) atoms. The van der Waals surface area contributed by atoms with Crippen LogP contribution in [0.1, 0.15) is 5.01 Å². The number of thiazole rings is 1. The highest BCUT2D eigenvalue weighted by molar-refractivity contribution is 7.15. The SMILES string of the molecule is OCc1ncc(-c2ccccn2)s1. The number of hydrogen-bond donors (Lipinski definition) is 1. The van der Waals surface area contributed by atoms with Gasteiger partial charge in [0, 0.05) is 12.4 Å². The lowest BCUT2D eigenvalue weighted by atomic mass is 10.3. The molecule has 0 radical (unpaired) electrons. The Balaban J connectivity index is 2.36. The van der Waals surface area contributed by atoms with E-state index in [1.165, 1.54) is 11.3 Å². The van der Waals surface area contributed by atoms with Crippen LogP contribution < -0.4 is 0 Å². The maximum Gasteiger partial charge on any atom is 0.119 e. The lowest BCUT2D eigenvalue weighted by molar-refractivity contribution is 0.281. The summed E-state index contributed by atoms with van der Waals surface area (Å²) >= 11 is 1.46. The van der Waals surface area contributed by atoms with Crippen LogP contribution in [-0.4, -0.2) is 15.1 Å². The quantitative estimate of drug-likeness (QED) is 0.787. The maximum absolute atomic E-state index is 8.83. The van der Waals surface area contributed by atoms with Gasteiger partial charge in [-0.2, -0.15) is 0 Å². The Morgan fingerprint density at radius 1 is 1.31 bits per heavy atom. The molecule has 2 rings (SSSR count). The van der Waals surface area contributed by atoms with E-state index in [0.29, 0.717) is 0 Å². The monoisotopic (exact) mass is 192 g/mol. The summed E-state index contributed by atoms with van der Waals surface area (Å²) in [5, 5.41) is 9.55. The van der Waals surface area contributed by atoms with Crippen molar-refractivity contribution in [1.29, 1.82) is 0 Å². The first kappa shape index (κ1) is 8.34. The fraction of sp³-hybridized carbons (Fsp3) is 0.111. The molecule has 0 aliphatic rings. The van der Waals surface area contributed by atoms with E-state index in [1.807, 2.05) is 18.2 Å². The number of pyridine rings is 1. The van der Waals surface area contributed by atoms with Crippen molar-refractivity contribution in [2.24, 2.45) is 0 Å². The molecule has 0 bridgehead atoms. The molecule has 2 aromatic heterocycles. The molecule has 0 unspecified atom stereocenters. The van der Waals surface area contributed by atoms with Crippen molar-refractivity contribution in [3.8, 4) is 10.6 Å². The number of aliphatic hydroxyl groups is 1. The maximum atomic E-state index is 8.83. The van der Waals surface area contributed by atoms with Gasteiger partial charge < -0.3 is 5.11 Å². The third-order valence-electron chi connectivity index (χ3n) is 1.61. The van der Waals surface area contributed by atoms with Crippen LogP contribution in [0.4, 0.5) is 0 Å². The highest BCUT2D eigenvalue weighted by atomic mass is 32.1. The van der Waals surface area contributed by atoms with E-state index in [-0.39, 0.29) is 6.61 Å². The van der Waals surface area contributed by atoms with Crippen LogP contribution in [0.3, 0.4) is 0 Å². The largest absolute Gasteiger partial charge is 0.389 e. The Morgan fingerprint density at radius 3 is 2.85 bits per heavy atom. The standard InChI is InChI=1S/C9H8N2OS/c12-6-9-11-5-8(13-9)7-3-1-2-4-10-7/h1-5,12H,6H2. The predicted octanol–water partition coefficient (Wildman–Crippen LogP) is 1.70. The van der Waals surface area contributed by atoms with Crippen LogP contribution in [0.15, 0.2) is 30.6 Å². The molecule has 0 aliphatic carbocycles. The van der Waals surface area contributed by atoms with Crippen molar-refractivity contribution in [1.82, 2.24) is 9.97 Å². The molecular weight excluding hydrogens is 184 g/mol. The second kappa shape index (κ2) is 3.64. The first-order chi connectivity index (χ1) is 6.40. The molecule has 3 nitrogen and oxygen atoms in total. The van der Waals surface area contributed by atoms with Gasteiger partial charge in [-0.05, 0) is 12.1 Å². The number of rotatable bonds is 2. The summed E-state index contributed by atoms with van der Waals surface area (Å²) < 4.78 is 0. The van der Waals surface area contributed by atoms with Crippen LogP contribution in [0.5, 0.6) is 0 Å². The lowest BCUT2D eigenvalue weighted by Gasteiger charge is -1.91. The Hall–Kier alpha value is -1.26. The molecule has 2 heterocycles. The molecule has 1 N–H and O–H groups in total. The van der Waals surface area contributed by atoms with Gasteiger partial charge in [-0.15, -0.1) is 11.3 Å². The first-order valence-corrected chi connectivity index (χ1v) is 4.69. The highest BCUT2D eigenvalue weighted by Crippen LogP contribution is 2.23. The van der Waals surface area contributed by atoms with Crippen LogP contribution in [0, 0.1) is 0 Å². The molecular formula is C9H8N2OS.